The molecule has 1 saturated heterocycles. The first-order chi connectivity index (χ1) is 16.1. The van der Waals surface area contributed by atoms with Crippen molar-refractivity contribution in [2.75, 3.05) is 25.1 Å². The zero-order valence-electron chi connectivity index (χ0n) is 19.0. The lowest BCUT2D eigenvalue weighted by Gasteiger charge is -2.15. The van der Waals surface area contributed by atoms with Gasteiger partial charge in [-0.25, -0.2) is 13.1 Å². The van der Waals surface area contributed by atoms with Gasteiger partial charge >= 0.3 is 0 Å². The molecule has 0 spiro atoms. The number of thiocarbonyl (C=S) groups is 1. The normalized spacial score (nSPS) is 15.8. The van der Waals surface area contributed by atoms with Crippen LogP contribution < -0.4 is 20.1 Å². The summed E-state index contributed by atoms with van der Waals surface area (Å²) in [6, 6.07) is 11.3. The smallest absolute Gasteiger partial charge is 0.261 e. The zero-order chi connectivity index (χ0) is 24.7. The molecule has 1 aliphatic rings. The largest absolute Gasteiger partial charge is 0.492 e. The maximum atomic E-state index is 12.8. The summed E-state index contributed by atoms with van der Waals surface area (Å²) in [7, 11) is -3.65. The van der Waals surface area contributed by atoms with E-state index in [0.717, 1.165) is 17.3 Å². The molecule has 1 atom stereocenters. The van der Waals surface area contributed by atoms with Gasteiger partial charge in [0.2, 0.25) is 10.0 Å². The van der Waals surface area contributed by atoms with Gasteiger partial charge in [0.05, 0.1) is 23.2 Å². The number of ether oxygens (including phenoxy) is 2. The standard InChI is InChI=1S/C23H28BrN3O5S2/c1-15(2)14-32-21-10-5-16(24)12-20(21)22(28)27-23(33)26-17-6-8-19(9-7-17)34(29,30)25-13-18-4-3-11-31-18/h5-10,12,15,18,25H,3-4,11,13-14H2,1-2H3,(H2,26,27,28,33). The van der Waals surface area contributed by atoms with Crippen molar-refractivity contribution < 1.29 is 22.7 Å². The third-order valence-corrected chi connectivity index (χ3v) is 7.07. The van der Waals surface area contributed by atoms with Crippen LogP contribution in [0.1, 0.15) is 37.0 Å². The second-order valence-electron chi connectivity index (χ2n) is 8.26. The Morgan fingerprint density at radius 3 is 2.62 bits per heavy atom. The fraction of sp³-hybridized carbons (Fsp3) is 0.391. The Kier molecular flexibility index (Phi) is 9.43. The van der Waals surface area contributed by atoms with Crippen molar-refractivity contribution in [3.63, 3.8) is 0 Å². The molecule has 3 rings (SSSR count). The van der Waals surface area contributed by atoms with Crippen molar-refractivity contribution in [1.82, 2.24) is 10.0 Å². The predicted octanol–water partition coefficient (Wildman–Crippen LogP) is 4.07. The number of rotatable bonds is 9. The van der Waals surface area contributed by atoms with Gasteiger partial charge in [-0.2, -0.15) is 0 Å². The van der Waals surface area contributed by atoms with Gasteiger partial charge in [0.15, 0.2) is 5.11 Å². The third kappa shape index (κ3) is 7.74. The van der Waals surface area contributed by atoms with Crippen LogP contribution in [0.5, 0.6) is 5.75 Å². The predicted molar refractivity (Wildman–Crippen MR) is 139 cm³/mol. The molecule has 2 aromatic carbocycles. The Hall–Kier alpha value is -2.05. The van der Waals surface area contributed by atoms with Crippen LogP contribution in [0.2, 0.25) is 0 Å². The molecule has 184 valence electrons. The van der Waals surface area contributed by atoms with Gasteiger partial charge in [0.25, 0.3) is 5.91 Å². The van der Waals surface area contributed by atoms with E-state index < -0.39 is 15.9 Å². The fourth-order valence-corrected chi connectivity index (χ4v) is 4.84. The van der Waals surface area contributed by atoms with Crippen LogP contribution in [0.4, 0.5) is 5.69 Å². The number of sulfonamides is 1. The van der Waals surface area contributed by atoms with Crippen LogP contribution in [0.3, 0.4) is 0 Å². The molecule has 1 heterocycles. The van der Waals surface area contributed by atoms with Crippen molar-refractivity contribution in [2.24, 2.45) is 5.92 Å². The zero-order valence-corrected chi connectivity index (χ0v) is 22.2. The SMILES string of the molecule is CC(C)COc1ccc(Br)cc1C(=O)NC(=S)Nc1ccc(S(=O)(=O)NCC2CCCO2)cc1. The van der Waals surface area contributed by atoms with Gasteiger partial charge in [0, 0.05) is 23.3 Å². The summed E-state index contributed by atoms with van der Waals surface area (Å²) < 4.78 is 39.5. The van der Waals surface area contributed by atoms with Crippen molar-refractivity contribution in [3.05, 3.63) is 52.5 Å². The van der Waals surface area contributed by atoms with Crippen molar-refractivity contribution in [2.45, 2.75) is 37.7 Å². The summed E-state index contributed by atoms with van der Waals surface area (Å²) >= 11 is 8.64. The maximum absolute atomic E-state index is 12.8. The number of hydrogen-bond acceptors (Lipinski definition) is 6. The van der Waals surface area contributed by atoms with Gasteiger partial charge in [-0.3, -0.25) is 10.1 Å². The highest BCUT2D eigenvalue weighted by atomic mass is 79.9. The number of halogens is 1. The van der Waals surface area contributed by atoms with Crippen LogP contribution in [-0.4, -0.2) is 45.3 Å². The van der Waals surface area contributed by atoms with Crippen LogP contribution in [-0.2, 0) is 14.8 Å². The quantitative estimate of drug-likeness (QED) is 0.391. The topological polar surface area (TPSA) is 106 Å². The van der Waals surface area contributed by atoms with Crippen molar-refractivity contribution >= 4 is 54.9 Å². The molecule has 1 aliphatic heterocycles. The van der Waals surface area contributed by atoms with E-state index in [9.17, 15) is 13.2 Å². The molecule has 3 N–H and O–H groups in total. The molecule has 0 bridgehead atoms. The molecule has 0 radical (unpaired) electrons. The molecule has 0 aromatic heterocycles. The van der Waals surface area contributed by atoms with Crippen molar-refractivity contribution in [1.29, 1.82) is 0 Å². The minimum atomic E-state index is -3.65. The third-order valence-electron chi connectivity index (χ3n) is 4.93. The Morgan fingerprint density at radius 1 is 1.24 bits per heavy atom. The van der Waals surface area contributed by atoms with Crippen LogP contribution in [0, 0.1) is 5.92 Å². The minimum Gasteiger partial charge on any atom is -0.492 e. The lowest BCUT2D eigenvalue weighted by atomic mass is 10.2. The molecular weight excluding hydrogens is 542 g/mol. The summed E-state index contributed by atoms with van der Waals surface area (Å²) in [6.07, 6.45) is 1.70. The molecule has 1 unspecified atom stereocenters. The number of amides is 1. The van der Waals surface area contributed by atoms with Gasteiger partial charge < -0.3 is 14.8 Å². The Bertz CT molecular complexity index is 1120. The van der Waals surface area contributed by atoms with E-state index in [0.29, 0.717) is 36.1 Å². The summed E-state index contributed by atoms with van der Waals surface area (Å²) in [5.41, 5.74) is 0.881. The average Bonchev–Trinajstić information content (AvgIpc) is 3.31. The number of anilines is 1. The van der Waals surface area contributed by atoms with E-state index in [-0.39, 0.29) is 22.7 Å². The van der Waals surface area contributed by atoms with E-state index in [2.05, 4.69) is 31.3 Å². The average molecular weight is 571 g/mol. The number of benzene rings is 2. The molecular formula is C23H28BrN3O5S2. The molecule has 1 amide bonds. The monoisotopic (exact) mass is 569 g/mol. The summed E-state index contributed by atoms with van der Waals surface area (Å²) in [4.78, 5) is 12.9. The summed E-state index contributed by atoms with van der Waals surface area (Å²) in [5, 5.41) is 5.60. The summed E-state index contributed by atoms with van der Waals surface area (Å²) in [6.45, 7) is 5.43. The number of carbonyl (C=O) groups is 1. The van der Waals surface area contributed by atoms with Crippen LogP contribution in [0.25, 0.3) is 0 Å². The molecule has 8 nitrogen and oxygen atoms in total. The van der Waals surface area contributed by atoms with Crippen LogP contribution in [0.15, 0.2) is 51.8 Å². The maximum Gasteiger partial charge on any atom is 0.261 e. The lowest BCUT2D eigenvalue weighted by Crippen LogP contribution is -2.34. The van der Waals surface area contributed by atoms with Gasteiger partial charge in [-0.1, -0.05) is 29.8 Å². The van der Waals surface area contributed by atoms with Gasteiger partial charge in [0.1, 0.15) is 5.75 Å². The van der Waals surface area contributed by atoms with Crippen molar-refractivity contribution in [3.8, 4) is 5.75 Å². The molecule has 1 fully saturated rings. The van der Waals surface area contributed by atoms with Crippen LogP contribution >= 0.6 is 28.1 Å². The number of nitrogens with one attached hydrogen (secondary N) is 3. The van der Waals surface area contributed by atoms with E-state index in [1.54, 1.807) is 30.3 Å². The fourth-order valence-electron chi connectivity index (χ4n) is 3.20. The minimum absolute atomic E-state index is 0.0758. The van der Waals surface area contributed by atoms with E-state index in [1.807, 2.05) is 13.8 Å². The van der Waals surface area contributed by atoms with Gasteiger partial charge in [-0.05, 0) is 73.4 Å². The number of carbonyl (C=O) groups excluding carboxylic acids is 1. The second-order valence-corrected chi connectivity index (χ2v) is 11.4. The second kappa shape index (κ2) is 12.1. The van der Waals surface area contributed by atoms with E-state index >= 15 is 0 Å². The molecule has 0 aliphatic carbocycles. The highest BCUT2D eigenvalue weighted by Gasteiger charge is 2.20. The van der Waals surface area contributed by atoms with E-state index in [1.165, 1.54) is 12.1 Å². The first-order valence-corrected chi connectivity index (χ1v) is 13.6. The molecule has 0 saturated carbocycles. The highest BCUT2D eigenvalue weighted by molar-refractivity contribution is 9.10. The van der Waals surface area contributed by atoms with Gasteiger partial charge in [-0.15, -0.1) is 0 Å². The number of hydrogen-bond donors (Lipinski definition) is 3. The Morgan fingerprint density at radius 2 is 1.97 bits per heavy atom. The molecule has 34 heavy (non-hydrogen) atoms. The lowest BCUT2D eigenvalue weighted by molar-refractivity contribution is 0.0973. The first-order valence-electron chi connectivity index (χ1n) is 10.9. The molecule has 2 aromatic rings. The summed E-state index contributed by atoms with van der Waals surface area (Å²) in [5.74, 6) is 0.345. The first kappa shape index (κ1) is 26.6. The van der Waals surface area contributed by atoms with E-state index in [4.69, 9.17) is 21.7 Å². The Labute approximate surface area is 214 Å². The molecule has 11 heteroatoms. The highest BCUT2D eigenvalue weighted by Crippen LogP contribution is 2.24. The Balaban J connectivity index is 1.58.